The molecule has 5 nitrogen and oxygen atoms in total. The van der Waals surface area contributed by atoms with Gasteiger partial charge in [0.05, 0.1) is 28.4 Å². The molecule has 1 saturated heterocycles. The number of likely N-dealkylation sites (tertiary alicyclic amines) is 1. The fraction of sp³-hybridized carbons (Fsp3) is 0.294. The van der Waals surface area contributed by atoms with Gasteiger partial charge >= 0.3 is 0 Å². The molecule has 1 fully saturated rings. The molecular formula is C17H16Cl2N2O3. The summed E-state index contributed by atoms with van der Waals surface area (Å²) in [5, 5.41) is 3.34. The van der Waals surface area contributed by atoms with Crippen molar-refractivity contribution in [1.82, 2.24) is 10.2 Å². The van der Waals surface area contributed by atoms with Gasteiger partial charge < -0.3 is 14.6 Å². The maximum Gasteiger partial charge on any atom is 0.256 e. The number of benzene rings is 1. The van der Waals surface area contributed by atoms with Crippen molar-refractivity contribution >= 4 is 35.0 Å². The number of rotatable bonds is 4. The van der Waals surface area contributed by atoms with Gasteiger partial charge in [0.1, 0.15) is 11.8 Å². The molecule has 1 N–H and O–H groups in total. The second-order valence-electron chi connectivity index (χ2n) is 5.56. The summed E-state index contributed by atoms with van der Waals surface area (Å²) in [5.74, 6) is 0.186. The molecule has 1 aliphatic heterocycles. The number of halogens is 2. The molecule has 1 atom stereocenters. The Labute approximate surface area is 149 Å². The lowest BCUT2D eigenvalue weighted by atomic mass is 10.1. The quantitative estimate of drug-likeness (QED) is 0.900. The Morgan fingerprint density at radius 2 is 2.08 bits per heavy atom. The summed E-state index contributed by atoms with van der Waals surface area (Å²) in [7, 11) is 0. The van der Waals surface area contributed by atoms with Crippen LogP contribution in [0.15, 0.2) is 41.0 Å². The van der Waals surface area contributed by atoms with Crippen LogP contribution in [0.1, 0.15) is 29.0 Å². The van der Waals surface area contributed by atoms with Crippen LogP contribution in [0.3, 0.4) is 0 Å². The van der Waals surface area contributed by atoms with Gasteiger partial charge in [0.15, 0.2) is 0 Å². The van der Waals surface area contributed by atoms with E-state index in [2.05, 4.69) is 5.32 Å². The number of amides is 2. The van der Waals surface area contributed by atoms with Crippen LogP contribution in [0, 0.1) is 0 Å². The summed E-state index contributed by atoms with van der Waals surface area (Å²) in [6.07, 6.45) is 2.94. The van der Waals surface area contributed by atoms with Crippen molar-refractivity contribution in [1.29, 1.82) is 0 Å². The highest BCUT2D eigenvalue weighted by Gasteiger charge is 2.35. The van der Waals surface area contributed by atoms with Crippen molar-refractivity contribution in [3.8, 4) is 0 Å². The van der Waals surface area contributed by atoms with Crippen LogP contribution in [-0.2, 0) is 11.3 Å². The van der Waals surface area contributed by atoms with Gasteiger partial charge in [0.2, 0.25) is 5.91 Å². The maximum atomic E-state index is 12.8. The zero-order chi connectivity index (χ0) is 17.1. The first-order chi connectivity index (χ1) is 11.6. The molecule has 2 aromatic rings. The smallest absolute Gasteiger partial charge is 0.256 e. The predicted molar refractivity (Wildman–Crippen MR) is 91.1 cm³/mol. The van der Waals surface area contributed by atoms with E-state index in [9.17, 15) is 9.59 Å². The number of hydrogen-bond acceptors (Lipinski definition) is 3. The molecule has 0 saturated carbocycles. The van der Waals surface area contributed by atoms with E-state index >= 15 is 0 Å². The Morgan fingerprint density at radius 1 is 1.25 bits per heavy atom. The Balaban J connectivity index is 1.71. The standard InChI is InChI=1S/C17H16Cl2N2O3/c18-13-6-1-5-12(15(13)19)17(23)21-8-2-7-14(21)16(22)20-10-11-4-3-9-24-11/h1,3-6,9,14H,2,7-8,10H2,(H,20,22). The molecule has 24 heavy (non-hydrogen) atoms. The molecule has 0 aliphatic carbocycles. The molecule has 0 bridgehead atoms. The monoisotopic (exact) mass is 366 g/mol. The third-order valence-electron chi connectivity index (χ3n) is 4.02. The number of carbonyl (C=O) groups excluding carboxylic acids is 2. The highest BCUT2D eigenvalue weighted by Crippen LogP contribution is 2.29. The van der Waals surface area contributed by atoms with Crippen LogP contribution in [0.5, 0.6) is 0 Å². The third kappa shape index (κ3) is 3.42. The van der Waals surface area contributed by atoms with Crippen molar-refractivity contribution in [3.05, 3.63) is 58.0 Å². The van der Waals surface area contributed by atoms with Crippen LogP contribution >= 0.6 is 23.2 Å². The highest BCUT2D eigenvalue weighted by atomic mass is 35.5. The van der Waals surface area contributed by atoms with Crippen LogP contribution in [-0.4, -0.2) is 29.3 Å². The zero-order valence-electron chi connectivity index (χ0n) is 12.8. The minimum Gasteiger partial charge on any atom is -0.467 e. The Morgan fingerprint density at radius 3 is 2.83 bits per heavy atom. The zero-order valence-corrected chi connectivity index (χ0v) is 14.3. The predicted octanol–water partition coefficient (Wildman–Crippen LogP) is 3.51. The summed E-state index contributed by atoms with van der Waals surface area (Å²) in [5.41, 5.74) is 0.315. The summed E-state index contributed by atoms with van der Waals surface area (Å²) in [4.78, 5) is 26.7. The minimum absolute atomic E-state index is 0.199. The van der Waals surface area contributed by atoms with E-state index in [1.165, 1.54) is 0 Å². The fourth-order valence-corrected chi connectivity index (χ4v) is 3.19. The molecule has 0 radical (unpaired) electrons. The van der Waals surface area contributed by atoms with Gasteiger partial charge in [0.25, 0.3) is 5.91 Å². The van der Waals surface area contributed by atoms with Crippen LogP contribution in [0.4, 0.5) is 0 Å². The summed E-state index contributed by atoms with van der Waals surface area (Å²) >= 11 is 12.1. The van der Waals surface area contributed by atoms with E-state index in [0.29, 0.717) is 35.9 Å². The van der Waals surface area contributed by atoms with Gasteiger partial charge in [-0.25, -0.2) is 0 Å². The number of furan rings is 1. The summed E-state index contributed by atoms with van der Waals surface area (Å²) < 4.78 is 5.19. The van der Waals surface area contributed by atoms with Crippen molar-refractivity contribution in [3.63, 3.8) is 0 Å². The molecule has 1 aromatic carbocycles. The molecule has 1 unspecified atom stereocenters. The van der Waals surface area contributed by atoms with Crippen molar-refractivity contribution in [2.45, 2.75) is 25.4 Å². The number of nitrogens with one attached hydrogen (secondary N) is 1. The van der Waals surface area contributed by atoms with E-state index < -0.39 is 6.04 Å². The lowest BCUT2D eigenvalue weighted by molar-refractivity contribution is -0.125. The van der Waals surface area contributed by atoms with Gasteiger partial charge in [-0.15, -0.1) is 0 Å². The van der Waals surface area contributed by atoms with E-state index in [0.717, 1.165) is 6.42 Å². The molecule has 1 aliphatic rings. The topological polar surface area (TPSA) is 62.6 Å². The second-order valence-corrected chi connectivity index (χ2v) is 6.34. The van der Waals surface area contributed by atoms with Crippen LogP contribution in [0.2, 0.25) is 10.0 Å². The summed E-state index contributed by atoms with van der Waals surface area (Å²) in [6, 6.07) is 7.94. The number of hydrogen-bond donors (Lipinski definition) is 1. The van der Waals surface area contributed by atoms with E-state index in [-0.39, 0.29) is 16.8 Å². The Hall–Kier alpha value is -1.98. The Kier molecular flexibility index (Phi) is 5.11. The molecular weight excluding hydrogens is 351 g/mol. The fourth-order valence-electron chi connectivity index (χ4n) is 2.81. The summed E-state index contributed by atoms with van der Waals surface area (Å²) in [6.45, 7) is 0.808. The number of nitrogens with zero attached hydrogens (tertiary/aromatic N) is 1. The average Bonchev–Trinajstić information content (AvgIpc) is 3.26. The van der Waals surface area contributed by atoms with Gasteiger partial charge in [0, 0.05) is 6.54 Å². The number of carbonyl (C=O) groups is 2. The molecule has 1 aromatic heterocycles. The average molecular weight is 367 g/mol. The lowest BCUT2D eigenvalue weighted by Crippen LogP contribution is -2.45. The molecule has 0 spiro atoms. The lowest BCUT2D eigenvalue weighted by Gasteiger charge is -2.24. The van der Waals surface area contributed by atoms with Gasteiger partial charge in [-0.3, -0.25) is 9.59 Å². The van der Waals surface area contributed by atoms with Crippen molar-refractivity contribution in [2.75, 3.05) is 6.54 Å². The van der Waals surface area contributed by atoms with Gasteiger partial charge in [-0.05, 0) is 37.1 Å². The van der Waals surface area contributed by atoms with Crippen molar-refractivity contribution < 1.29 is 14.0 Å². The van der Waals surface area contributed by atoms with Crippen LogP contribution < -0.4 is 5.32 Å². The van der Waals surface area contributed by atoms with E-state index in [4.69, 9.17) is 27.6 Å². The normalized spacial score (nSPS) is 17.1. The first-order valence-electron chi connectivity index (χ1n) is 7.63. The molecule has 7 heteroatoms. The third-order valence-corrected chi connectivity index (χ3v) is 4.83. The molecule has 3 rings (SSSR count). The minimum atomic E-state index is -0.512. The Bertz CT molecular complexity index is 746. The van der Waals surface area contributed by atoms with E-state index in [1.807, 2.05) is 0 Å². The first kappa shape index (κ1) is 16.9. The second kappa shape index (κ2) is 7.28. The SMILES string of the molecule is O=C(NCc1ccco1)C1CCCN1C(=O)c1cccc(Cl)c1Cl. The van der Waals surface area contributed by atoms with Crippen LogP contribution in [0.25, 0.3) is 0 Å². The van der Waals surface area contributed by atoms with Crippen molar-refractivity contribution in [2.24, 2.45) is 0 Å². The highest BCUT2D eigenvalue weighted by molar-refractivity contribution is 6.43. The van der Waals surface area contributed by atoms with Gasteiger partial charge in [-0.2, -0.15) is 0 Å². The largest absolute Gasteiger partial charge is 0.467 e. The maximum absolute atomic E-state index is 12.8. The first-order valence-corrected chi connectivity index (χ1v) is 8.38. The van der Waals surface area contributed by atoms with E-state index in [1.54, 1.807) is 41.5 Å². The molecule has 126 valence electrons. The molecule has 2 heterocycles. The van der Waals surface area contributed by atoms with Gasteiger partial charge in [-0.1, -0.05) is 29.3 Å². The molecule has 2 amide bonds.